The van der Waals surface area contributed by atoms with E-state index in [0.29, 0.717) is 12.5 Å². The van der Waals surface area contributed by atoms with Gasteiger partial charge in [-0.2, -0.15) is 0 Å². The Morgan fingerprint density at radius 1 is 1.36 bits per heavy atom. The standard InChI is InChI=1S/C10H18N4/c1-9(2)8-14(7-4-11)10-12-5-3-6-13-10/h3,5-6,9H,4,7-8,11H2,1-2H3. The van der Waals surface area contributed by atoms with Crippen LogP contribution < -0.4 is 10.6 Å². The highest BCUT2D eigenvalue weighted by molar-refractivity contribution is 5.28. The molecule has 14 heavy (non-hydrogen) atoms. The largest absolute Gasteiger partial charge is 0.339 e. The zero-order valence-corrected chi connectivity index (χ0v) is 8.85. The first-order chi connectivity index (χ1) is 6.74. The van der Waals surface area contributed by atoms with E-state index in [2.05, 4.69) is 28.7 Å². The monoisotopic (exact) mass is 194 g/mol. The fourth-order valence-corrected chi connectivity index (χ4v) is 1.32. The third-order valence-corrected chi connectivity index (χ3v) is 1.82. The maximum atomic E-state index is 5.55. The number of rotatable bonds is 5. The first-order valence-corrected chi connectivity index (χ1v) is 4.96. The number of aromatic nitrogens is 2. The summed E-state index contributed by atoms with van der Waals surface area (Å²) < 4.78 is 0. The molecule has 1 rings (SSSR count). The lowest BCUT2D eigenvalue weighted by molar-refractivity contribution is 0.602. The molecule has 0 saturated carbocycles. The molecule has 0 fully saturated rings. The quantitative estimate of drug-likeness (QED) is 0.756. The Bertz CT molecular complexity index is 248. The molecule has 1 heterocycles. The molecule has 1 aromatic heterocycles. The van der Waals surface area contributed by atoms with Gasteiger partial charge in [0.25, 0.3) is 0 Å². The molecule has 0 aromatic carbocycles. The molecule has 0 aliphatic carbocycles. The number of hydrogen-bond donors (Lipinski definition) is 1. The SMILES string of the molecule is CC(C)CN(CCN)c1ncccn1. The molecular formula is C10H18N4. The molecule has 0 saturated heterocycles. The highest BCUT2D eigenvalue weighted by Crippen LogP contribution is 2.07. The average Bonchev–Trinajstić information content (AvgIpc) is 2.18. The zero-order valence-electron chi connectivity index (χ0n) is 8.85. The van der Waals surface area contributed by atoms with E-state index in [1.807, 2.05) is 6.07 Å². The van der Waals surface area contributed by atoms with Gasteiger partial charge in [-0.1, -0.05) is 13.8 Å². The molecular weight excluding hydrogens is 176 g/mol. The van der Waals surface area contributed by atoms with Crippen LogP contribution >= 0.6 is 0 Å². The average molecular weight is 194 g/mol. The molecule has 4 heteroatoms. The summed E-state index contributed by atoms with van der Waals surface area (Å²) in [6, 6.07) is 1.82. The minimum absolute atomic E-state index is 0.588. The van der Waals surface area contributed by atoms with Crippen molar-refractivity contribution in [1.29, 1.82) is 0 Å². The highest BCUT2D eigenvalue weighted by atomic mass is 15.2. The Hall–Kier alpha value is -1.16. The molecule has 0 bridgehead atoms. The van der Waals surface area contributed by atoms with Crippen LogP contribution in [0.5, 0.6) is 0 Å². The van der Waals surface area contributed by atoms with Gasteiger partial charge >= 0.3 is 0 Å². The molecule has 1 aromatic rings. The Morgan fingerprint density at radius 2 is 2.00 bits per heavy atom. The van der Waals surface area contributed by atoms with Gasteiger partial charge in [-0.25, -0.2) is 9.97 Å². The smallest absolute Gasteiger partial charge is 0.225 e. The Kier molecular flexibility index (Phi) is 4.32. The predicted molar refractivity (Wildman–Crippen MR) is 58.1 cm³/mol. The third kappa shape index (κ3) is 3.30. The lowest BCUT2D eigenvalue weighted by Crippen LogP contribution is -2.33. The molecule has 0 atom stereocenters. The summed E-state index contributed by atoms with van der Waals surface area (Å²) in [6.07, 6.45) is 3.51. The molecule has 0 unspecified atom stereocenters. The van der Waals surface area contributed by atoms with Gasteiger partial charge in [0.05, 0.1) is 0 Å². The number of nitrogens with two attached hydrogens (primary N) is 1. The van der Waals surface area contributed by atoms with Crippen molar-refractivity contribution in [3.8, 4) is 0 Å². The molecule has 0 spiro atoms. The van der Waals surface area contributed by atoms with Gasteiger partial charge in [0.1, 0.15) is 0 Å². The summed E-state index contributed by atoms with van der Waals surface area (Å²) in [5.74, 6) is 1.36. The molecule has 0 aliphatic heterocycles. The van der Waals surface area contributed by atoms with Crippen LogP contribution in [-0.4, -0.2) is 29.6 Å². The van der Waals surface area contributed by atoms with Crippen LogP contribution in [0.25, 0.3) is 0 Å². The summed E-state index contributed by atoms with van der Waals surface area (Å²) in [5.41, 5.74) is 5.55. The lowest BCUT2D eigenvalue weighted by Gasteiger charge is -2.23. The van der Waals surface area contributed by atoms with Crippen LogP contribution in [0, 0.1) is 5.92 Å². The number of nitrogens with zero attached hydrogens (tertiary/aromatic N) is 3. The first-order valence-electron chi connectivity index (χ1n) is 4.96. The summed E-state index contributed by atoms with van der Waals surface area (Å²) in [7, 11) is 0. The zero-order chi connectivity index (χ0) is 10.4. The van der Waals surface area contributed by atoms with Gasteiger partial charge in [0.15, 0.2) is 0 Å². The number of hydrogen-bond acceptors (Lipinski definition) is 4. The van der Waals surface area contributed by atoms with Crippen LogP contribution in [0.1, 0.15) is 13.8 Å². The molecule has 0 amide bonds. The van der Waals surface area contributed by atoms with Crippen LogP contribution in [-0.2, 0) is 0 Å². The van der Waals surface area contributed by atoms with E-state index in [-0.39, 0.29) is 0 Å². The fraction of sp³-hybridized carbons (Fsp3) is 0.600. The van der Waals surface area contributed by atoms with Crippen molar-refractivity contribution in [1.82, 2.24) is 9.97 Å². The van der Waals surface area contributed by atoms with Gasteiger partial charge < -0.3 is 10.6 Å². The summed E-state index contributed by atoms with van der Waals surface area (Å²) in [5, 5.41) is 0. The normalized spacial score (nSPS) is 10.6. The van der Waals surface area contributed by atoms with Crippen molar-refractivity contribution in [3.63, 3.8) is 0 Å². The summed E-state index contributed by atoms with van der Waals surface area (Å²) in [4.78, 5) is 10.5. The first kappa shape index (κ1) is 10.9. The third-order valence-electron chi connectivity index (χ3n) is 1.82. The van der Waals surface area contributed by atoms with Crippen LogP contribution in [0.15, 0.2) is 18.5 Å². The van der Waals surface area contributed by atoms with Gasteiger partial charge in [0.2, 0.25) is 5.95 Å². The number of anilines is 1. The lowest BCUT2D eigenvalue weighted by atomic mass is 10.2. The van der Waals surface area contributed by atoms with Crippen molar-refractivity contribution in [3.05, 3.63) is 18.5 Å². The van der Waals surface area contributed by atoms with Crippen LogP contribution in [0.4, 0.5) is 5.95 Å². The summed E-state index contributed by atoms with van der Waals surface area (Å²) >= 11 is 0. The Labute approximate surface area is 85.2 Å². The maximum absolute atomic E-state index is 5.55. The van der Waals surface area contributed by atoms with Crippen molar-refractivity contribution in [2.24, 2.45) is 11.7 Å². The minimum atomic E-state index is 0.588. The Morgan fingerprint density at radius 3 is 2.50 bits per heavy atom. The second-order valence-electron chi connectivity index (χ2n) is 3.68. The van der Waals surface area contributed by atoms with Crippen LogP contribution in [0.2, 0.25) is 0 Å². The van der Waals surface area contributed by atoms with Gasteiger partial charge in [-0.3, -0.25) is 0 Å². The van der Waals surface area contributed by atoms with Crippen LogP contribution in [0.3, 0.4) is 0 Å². The highest BCUT2D eigenvalue weighted by Gasteiger charge is 2.09. The van der Waals surface area contributed by atoms with Crippen molar-refractivity contribution < 1.29 is 0 Å². The Balaban J connectivity index is 2.67. The van der Waals surface area contributed by atoms with E-state index in [4.69, 9.17) is 5.73 Å². The van der Waals surface area contributed by atoms with Crippen molar-refractivity contribution in [2.45, 2.75) is 13.8 Å². The topological polar surface area (TPSA) is 55.0 Å². The van der Waals surface area contributed by atoms with Gasteiger partial charge in [-0.05, 0) is 12.0 Å². The van der Waals surface area contributed by atoms with E-state index in [1.54, 1.807) is 12.4 Å². The maximum Gasteiger partial charge on any atom is 0.225 e. The molecule has 0 aliphatic rings. The fourth-order valence-electron chi connectivity index (χ4n) is 1.32. The summed E-state index contributed by atoms with van der Waals surface area (Å²) in [6.45, 7) is 6.73. The second-order valence-corrected chi connectivity index (χ2v) is 3.68. The van der Waals surface area contributed by atoms with Crippen molar-refractivity contribution >= 4 is 5.95 Å². The van der Waals surface area contributed by atoms with E-state index in [9.17, 15) is 0 Å². The van der Waals surface area contributed by atoms with E-state index in [1.165, 1.54) is 0 Å². The van der Waals surface area contributed by atoms with E-state index in [0.717, 1.165) is 19.0 Å². The molecule has 4 nitrogen and oxygen atoms in total. The van der Waals surface area contributed by atoms with Gasteiger partial charge in [0, 0.05) is 32.0 Å². The van der Waals surface area contributed by atoms with Gasteiger partial charge in [-0.15, -0.1) is 0 Å². The van der Waals surface area contributed by atoms with E-state index >= 15 is 0 Å². The van der Waals surface area contributed by atoms with E-state index < -0.39 is 0 Å². The molecule has 0 radical (unpaired) electrons. The predicted octanol–water partition coefficient (Wildman–Crippen LogP) is 0.898. The van der Waals surface area contributed by atoms with Crippen molar-refractivity contribution in [2.75, 3.05) is 24.5 Å². The molecule has 2 N–H and O–H groups in total. The molecule has 78 valence electrons. The second kappa shape index (κ2) is 5.54. The minimum Gasteiger partial charge on any atom is -0.339 e.